The van der Waals surface area contributed by atoms with E-state index in [0.717, 1.165) is 12.8 Å². The molecule has 1 atom stereocenters. The lowest BCUT2D eigenvalue weighted by atomic mass is 10.0. The smallest absolute Gasteiger partial charge is 0.176 e. The Kier molecular flexibility index (Phi) is 16.4. The van der Waals surface area contributed by atoms with Crippen LogP contribution in [0.2, 0.25) is 0 Å². The van der Waals surface area contributed by atoms with Crippen LogP contribution in [0.4, 0.5) is 0 Å². The molecule has 0 spiro atoms. The molecule has 0 heterocycles. The molecule has 0 aromatic heterocycles. The maximum atomic E-state index is 9.05. The van der Waals surface area contributed by atoms with Gasteiger partial charge in [-0.15, -0.1) is 6.42 Å². The molecule has 120 valence electrons. The van der Waals surface area contributed by atoms with Crippen molar-refractivity contribution >= 4 is 0 Å². The first kappa shape index (κ1) is 20.1. The van der Waals surface area contributed by atoms with Crippen LogP contribution in [-0.2, 0) is 0 Å². The molecule has 0 aromatic carbocycles. The molecule has 1 N–H and O–H groups in total. The Morgan fingerprint density at radius 2 is 1.19 bits per heavy atom. The van der Waals surface area contributed by atoms with Crippen molar-refractivity contribution in [1.29, 1.82) is 0 Å². The second kappa shape index (κ2) is 17.1. The third-order valence-corrected chi connectivity index (χ3v) is 3.80. The topological polar surface area (TPSA) is 20.2 Å². The summed E-state index contributed by atoms with van der Waals surface area (Å²) >= 11 is 0. The molecule has 0 radical (unpaired) electrons. The Hall–Kier alpha value is -0.920. The fourth-order valence-electron chi connectivity index (χ4n) is 2.44. The van der Waals surface area contributed by atoms with Gasteiger partial charge < -0.3 is 5.11 Å². The summed E-state index contributed by atoms with van der Waals surface area (Å²) < 4.78 is 0. The summed E-state index contributed by atoms with van der Waals surface area (Å²) in [4.78, 5) is 0. The number of unbranched alkanes of at least 4 members (excludes halogenated alkanes) is 13. The van der Waals surface area contributed by atoms with Crippen LogP contribution in [0.1, 0.15) is 96.8 Å². The minimum atomic E-state index is -0.882. The fraction of sp³-hybridized carbons (Fsp3) is 0.800. The summed E-state index contributed by atoms with van der Waals surface area (Å²) in [7, 11) is 0. The normalized spacial score (nSPS) is 11.5. The van der Waals surface area contributed by atoms with E-state index in [1.54, 1.807) is 0 Å². The van der Waals surface area contributed by atoms with Crippen molar-refractivity contribution in [2.24, 2.45) is 0 Å². The molecule has 21 heavy (non-hydrogen) atoms. The largest absolute Gasteiger partial charge is 0.369 e. The van der Waals surface area contributed by atoms with Crippen molar-refractivity contribution in [3.8, 4) is 24.2 Å². The van der Waals surface area contributed by atoms with Gasteiger partial charge in [0.2, 0.25) is 0 Å². The number of terminal acetylenes is 1. The van der Waals surface area contributed by atoms with Gasteiger partial charge in [0.25, 0.3) is 0 Å². The Bertz CT molecular complexity index is 302. The Morgan fingerprint density at radius 3 is 1.62 bits per heavy atom. The number of hydrogen-bond acceptors (Lipinski definition) is 1. The fourth-order valence-corrected chi connectivity index (χ4v) is 2.44. The quantitative estimate of drug-likeness (QED) is 0.352. The molecule has 0 fully saturated rings. The molecule has 0 aliphatic rings. The molecular weight excluding hydrogens is 256 g/mol. The average Bonchev–Trinajstić information content (AvgIpc) is 2.50. The van der Waals surface area contributed by atoms with Crippen LogP contribution < -0.4 is 0 Å². The van der Waals surface area contributed by atoms with Gasteiger partial charge in [-0.3, -0.25) is 0 Å². The van der Waals surface area contributed by atoms with Crippen LogP contribution in [0.15, 0.2) is 0 Å². The van der Waals surface area contributed by atoms with Crippen molar-refractivity contribution in [3.05, 3.63) is 0 Å². The average molecular weight is 290 g/mol. The first-order valence-electron chi connectivity index (χ1n) is 8.93. The van der Waals surface area contributed by atoms with E-state index in [1.165, 1.54) is 77.0 Å². The van der Waals surface area contributed by atoms with E-state index in [4.69, 9.17) is 11.5 Å². The van der Waals surface area contributed by atoms with Crippen molar-refractivity contribution in [2.75, 3.05) is 0 Å². The molecule has 0 aromatic rings. The lowest BCUT2D eigenvalue weighted by Gasteiger charge is -2.02. The maximum Gasteiger partial charge on any atom is 0.176 e. The zero-order chi connectivity index (χ0) is 15.6. The Morgan fingerprint density at radius 1 is 0.762 bits per heavy atom. The predicted octanol–water partition coefficient (Wildman–Crippen LogP) is 5.47. The Balaban J connectivity index is 3.09. The molecule has 0 aliphatic carbocycles. The van der Waals surface area contributed by atoms with E-state index in [0.29, 0.717) is 0 Å². The van der Waals surface area contributed by atoms with Crippen LogP contribution in [0.25, 0.3) is 0 Å². The SMILES string of the molecule is C#C[C@@H](O)C#CCCCCCCCCCCCCCCC. The molecule has 0 rings (SSSR count). The van der Waals surface area contributed by atoms with E-state index in [9.17, 15) is 0 Å². The predicted molar refractivity (Wildman–Crippen MR) is 92.9 cm³/mol. The van der Waals surface area contributed by atoms with E-state index >= 15 is 0 Å². The number of hydrogen-bond donors (Lipinski definition) is 1. The summed E-state index contributed by atoms with van der Waals surface area (Å²) in [5.74, 6) is 7.77. The van der Waals surface area contributed by atoms with Crippen LogP contribution >= 0.6 is 0 Å². The highest BCUT2D eigenvalue weighted by molar-refractivity contribution is 5.15. The van der Waals surface area contributed by atoms with Crippen LogP contribution in [0, 0.1) is 24.2 Å². The summed E-state index contributed by atoms with van der Waals surface area (Å²) in [6.07, 6.45) is 22.7. The number of aliphatic hydroxyl groups is 1. The van der Waals surface area contributed by atoms with Crippen molar-refractivity contribution in [2.45, 2.75) is 103 Å². The molecule has 0 aliphatic heterocycles. The maximum absolute atomic E-state index is 9.05. The monoisotopic (exact) mass is 290 g/mol. The van der Waals surface area contributed by atoms with E-state index in [1.807, 2.05) is 0 Å². The molecule has 0 unspecified atom stereocenters. The second-order valence-electron chi connectivity index (χ2n) is 5.88. The summed E-state index contributed by atoms with van der Waals surface area (Å²) in [5.41, 5.74) is 0. The number of rotatable bonds is 13. The van der Waals surface area contributed by atoms with Crippen LogP contribution in [0.5, 0.6) is 0 Å². The van der Waals surface area contributed by atoms with Crippen molar-refractivity contribution < 1.29 is 5.11 Å². The highest BCUT2D eigenvalue weighted by atomic mass is 16.3. The first-order valence-corrected chi connectivity index (χ1v) is 8.93. The van der Waals surface area contributed by atoms with Gasteiger partial charge in [0.15, 0.2) is 6.10 Å². The number of aliphatic hydroxyl groups excluding tert-OH is 1. The third-order valence-electron chi connectivity index (χ3n) is 3.80. The molecule has 0 amide bonds. The zero-order valence-corrected chi connectivity index (χ0v) is 14.0. The molecular formula is C20H34O. The first-order chi connectivity index (χ1) is 10.3. The molecule has 0 bridgehead atoms. The summed E-state index contributed by atoms with van der Waals surface area (Å²) in [6, 6.07) is 0. The van der Waals surface area contributed by atoms with Gasteiger partial charge in [-0.2, -0.15) is 0 Å². The van der Waals surface area contributed by atoms with Gasteiger partial charge in [0.1, 0.15) is 0 Å². The van der Waals surface area contributed by atoms with Gasteiger partial charge in [-0.1, -0.05) is 102 Å². The molecule has 0 saturated heterocycles. The van der Waals surface area contributed by atoms with Gasteiger partial charge in [-0.05, 0) is 6.42 Å². The lowest BCUT2D eigenvalue weighted by molar-refractivity contribution is 0.289. The van der Waals surface area contributed by atoms with Crippen LogP contribution in [-0.4, -0.2) is 11.2 Å². The molecule has 0 saturated carbocycles. The van der Waals surface area contributed by atoms with Gasteiger partial charge in [-0.25, -0.2) is 0 Å². The zero-order valence-electron chi connectivity index (χ0n) is 14.0. The third kappa shape index (κ3) is 17.0. The lowest BCUT2D eigenvalue weighted by Crippen LogP contribution is -1.96. The van der Waals surface area contributed by atoms with Gasteiger partial charge in [0, 0.05) is 6.42 Å². The summed E-state index contributed by atoms with van der Waals surface area (Å²) in [5, 5.41) is 9.05. The minimum absolute atomic E-state index is 0.858. The van der Waals surface area contributed by atoms with Crippen molar-refractivity contribution in [1.82, 2.24) is 0 Å². The van der Waals surface area contributed by atoms with E-state index < -0.39 is 6.10 Å². The van der Waals surface area contributed by atoms with Crippen LogP contribution in [0.3, 0.4) is 0 Å². The van der Waals surface area contributed by atoms with Gasteiger partial charge in [0.05, 0.1) is 0 Å². The standard InChI is InChI=1S/C20H34O/c1-3-5-6-7-8-9-10-11-12-13-14-15-16-17-18-19-20(21)4-2/h2,20-21H,3,5-17H2,1H3/t20-/m1/s1. The molecule has 1 heteroatoms. The minimum Gasteiger partial charge on any atom is -0.369 e. The van der Waals surface area contributed by atoms with Crippen molar-refractivity contribution in [3.63, 3.8) is 0 Å². The second-order valence-corrected chi connectivity index (χ2v) is 5.88. The molecule has 1 nitrogen and oxygen atoms in total. The van der Waals surface area contributed by atoms with E-state index in [-0.39, 0.29) is 0 Å². The highest BCUT2D eigenvalue weighted by Gasteiger charge is 1.93. The Labute approximate surface area is 132 Å². The van der Waals surface area contributed by atoms with E-state index in [2.05, 4.69) is 24.7 Å². The van der Waals surface area contributed by atoms with Gasteiger partial charge >= 0.3 is 0 Å². The summed E-state index contributed by atoms with van der Waals surface area (Å²) in [6.45, 7) is 2.27. The highest BCUT2D eigenvalue weighted by Crippen LogP contribution is 2.12.